The quantitative estimate of drug-likeness (QED) is 0.896. The Morgan fingerprint density at radius 1 is 1.33 bits per heavy atom. The van der Waals surface area contributed by atoms with Crippen molar-refractivity contribution in [1.82, 2.24) is 15.1 Å². The van der Waals surface area contributed by atoms with Crippen LogP contribution < -0.4 is 10.1 Å². The van der Waals surface area contributed by atoms with Crippen LogP contribution in [-0.4, -0.2) is 23.9 Å². The first kappa shape index (κ1) is 12.6. The second kappa shape index (κ2) is 5.23. The Kier molecular flexibility index (Phi) is 3.67. The molecule has 1 aromatic heterocycles. The fourth-order valence-corrected chi connectivity index (χ4v) is 2.03. The molecule has 0 aliphatic carbocycles. The summed E-state index contributed by atoms with van der Waals surface area (Å²) in [6.45, 7) is 2.86. The van der Waals surface area contributed by atoms with Crippen LogP contribution in [0.15, 0.2) is 24.3 Å². The number of methoxy groups -OCH3 is 1. The lowest BCUT2D eigenvalue weighted by Crippen LogP contribution is -2.09. The van der Waals surface area contributed by atoms with E-state index in [-0.39, 0.29) is 0 Å². The normalized spacial score (nSPS) is 10.7. The van der Waals surface area contributed by atoms with Crippen molar-refractivity contribution in [2.75, 3.05) is 14.2 Å². The van der Waals surface area contributed by atoms with Gasteiger partial charge in [0.15, 0.2) is 0 Å². The first-order valence-corrected chi connectivity index (χ1v) is 5.98. The smallest absolute Gasteiger partial charge is 0.121 e. The monoisotopic (exact) mass is 245 g/mol. The number of ether oxygens (including phenoxy) is 1. The van der Waals surface area contributed by atoms with E-state index >= 15 is 0 Å². The van der Waals surface area contributed by atoms with Crippen LogP contribution in [0.1, 0.15) is 11.3 Å². The summed E-state index contributed by atoms with van der Waals surface area (Å²) in [5.74, 6) is 0.908. The fourth-order valence-electron chi connectivity index (χ4n) is 2.03. The molecule has 0 amide bonds. The van der Waals surface area contributed by atoms with Crippen molar-refractivity contribution in [3.63, 3.8) is 0 Å². The van der Waals surface area contributed by atoms with Crippen molar-refractivity contribution in [1.29, 1.82) is 0 Å². The molecule has 0 fully saturated rings. The van der Waals surface area contributed by atoms with E-state index in [0.717, 1.165) is 29.1 Å². The van der Waals surface area contributed by atoms with Gasteiger partial charge < -0.3 is 10.1 Å². The Balaban J connectivity index is 2.36. The highest BCUT2D eigenvalue weighted by atomic mass is 16.5. The Labute approximate surface area is 108 Å². The molecular weight excluding hydrogens is 226 g/mol. The lowest BCUT2D eigenvalue weighted by atomic mass is 10.1. The van der Waals surface area contributed by atoms with Crippen LogP contribution in [0.5, 0.6) is 5.75 Å². The molecule has 18 heavy (non-hydrogen) atoms. The zero-order valence-electron chi connectivity index (χ0n) is 11.3. The molecule has 4 nitrogen and oxygen atoms in total. The molecule has 4 heteroatoms. The van der Waals surface area contributed by atoms with Gasteiger partial charge in [-0.2, -0.15) is 5.10 Å². The van der Waals surface area contributed by atoms with Crippen LogP contribution in [-0.2, 0) is 13.6 Å². The van der Waals surface area contributed by atoms with Crippen molar-refractivity contribution in [3.8, 4) is 17.0 Å². The number of benzene rings is 1. The highest BCUT2D eigenvalue weighted by molar-refractivity contribution is 5.62. The van der Waals surface area contributed by atoms with E-state index < -0.39 is 0 Å². The second-order valence-electron chi connectivity index (χ2n) is 4.36. The average molecular weight is 245 g/mol. The highest BCUT2D eigenvalue weighted by Gasteiger charge is 2.08. The number of nitrogens with zero attached hydrogens (tertiary/aromatic N) is 2. The van der Waals surface area contributed by atoms with Gasteiger partial charge in [0, 0.05) is 19.2 Å². The van der Waals surface area contributed by atoms with Crippen LogP contribution in [0.3, 0.4) is 0 Å². The van der Waals surface area contributed by atoms with Crippen LogP contribution in [0.2, 0.25) is 0 Å². The van der Waals surface area contributed by atoms with Crippen molar-refractivity contribution >= 4 is 0 Å². The van der Waals surface area contributed by atoms with Gasteiger partial charge in [0.1, 0.15) is 5.75 Å². The maximum atomic E-state index is 5.27. The third-order valence-corrected chi connectivity index (χ3v) is 3.03. The molecule has 2 rings (SSSR count). The Hall–Kier alpha value is -1.81. The minimum atomic E-state index is 0.818. The van der Waals surface area contributed by atoms with E-state index in [0.29, 0.717) is 0 Å². The van der Waals surface area contributed by atoms with Crippen LogP contribution >= 0.6 is 0 Å². The molecule has 0 radical (unpaired) electrons. The number of aryl methyl sites for hydroxylation is 2. The molecule has 2 aromatic rings. The zero-order valence-corrected chi connectivity index (χ0v) is 11.3. The fraction of sp³-hybridized carbons (Fsp3) is 0.357. The van der Waals surface area contributed by atoms with Gasteiger partial charge in [-0.1, -0.05) is 0 Å². The molecule has 0 unspecified atom stereocenters. The van der Waals surface area contributed by atoms with Gasteiger partial charge >= 0.3 is 0 Å². The summed E-state index contributed by atoms with van der Waals surface area (Å²) in [4.78, 5) is 0. The predicted molar refractivity (Wildman–Crippen MR) is 72.7 cm³/mol. The lowest BCUT2D eigenvalue weighted by Gasteiger charge is -2.05. The molecule has 0 spiro atoms. The van der Waals surface area contributed by atoms with Gasteiger partial charge in [0.05, 0.1) is 18.5 Å². The summed E-state index contributed by atoms with van der Waals surface area (Å²) < 4.78 is 7.18. The van der Waals surface area contributed by atoms with Gasteiger partial charge in [0.2, 0.25) is 0 Å². The van der Waals surface area contributed by atoms with E-state index in [2.05, 4.69) is 22.5 Å². The maximum absolute atomic E-state index is 5.27. The molecule has 0 aliphatic rings. The summed E-state index contributed by atoms with van der Waals surface area (Å²) in [6, 6.07) is 8.23. The Morgan fingerprint density at radius 3 is 2.72 bits per heavy atom. The molecule has 0 atom stereocenters. The van der Waals surface area contributed by atoms with E-state index in [1.165, 1.54) is 5.69 Å². The third kappa shape index (κ3) is 2.38. The third-order valence-electron chi connectivity index (χ3n) is 3.03. The molecule has 0 saturated carbocycles. The predicted octanol–water partition coefficient (Wildman–Crippen LogP) is 2.12. The second-order valence-corrected chi connectivity index (χ2v) is 4.36. The zero-order chi connectivity index (χ0) is 13.1. The van der Waals surface area contributed by atoms with Gasteiger partial charge in [-0.25, -0.2) is 0 Å². The van der Waals surface area contributed by atoms with Crippen molar-refractivity contribution in [2.45, 2.75) is 13.5 Å². The van der Waals surface area contributed by atoms with Gasteiger partial charge in [0.25, 0.3) is 0 Å². The number of hydrogen-bond donors (Lipinski definition) is 1. The Bertz CT molecular complexity index is 546. The molecule has 96 valence electrons. The van der Waals surface area contributed by atoms with Crippen molar-refractivity contribution in [2.24, 2.45) is 7.05 Å². The SMILES string of the molecule is CNCc1cc(-c2ccc(OC)c(C)c2)nn1C. The molecule has 0 saturated heterocycles. The van der Waals surface area contributed by atoms with E-state index in [1.54, 1.807) is 7.11 Å². The molecule has 0 bridgehead atoms. The van der Waals surface area contributed by atoms with Crippen molar-refractivity contribution in [3.05, 3.63) is 35.5 Å². The number of aromatic nitrogens is 2. The minimum absolute atomic E-state index is 0.818. The number of nitrogens with one attached hydrogen (secondary N) is 1. The Morgan fingerprint density at radius 2 is 2.11 bits per heavy atom. The standard InChI is InChI=1S/C14H19N3O/c1-10-7-11(5-6-14(10)18-4)13-8-12(9-15-2)17(3)16-13/h5-8,15H,9H2,1-4H3. The van der Waals surface area contributed by atoms with Crippen LogP contribution in [0.25, 0.3) is 11.3 Å². The molecule has 0 aliphatic heterocycles. The van der Waals surface area contributed by atoms with E-state index in [1.807, 2.05) is 37.8 Å². The van der Waals surface area contributed by atoms with Crippen LogP contribution in [0.4, 0.5) is 0 Å². The largest absolute Gasteiger partial charge is 0.496 e. The van der Waals surface area contributed by atoms with Crippen molar-refractivity contribution < 1.29 is 4.74 Å². The van der Waals surface area contributed by atoms with Gasteiger partial charge in [-0.3, -0.25) is 4.68 Å². The molecular formula is C14H19N3O. The van der Waals surface area contributed by atoms with E-state index in [9.17, 15) is 0 Å². The summed E-state index contributed by atoms with van der Waals surface area (Å²) >= 11 is 0. The van der Waals surface area contributed by atoms with Crippen LogP contribution in [0, 0.1) is 6.92 Å². The first-order valence-electron chi connectivity index (χ1n) is 5.98. The first-order chi connectivity index (χ1) is 8.65. The average Bonchev–Trinajstić information content (AvgIpc) is 2.71. The minimum Gasteiger partial charge on any atom is -0.496 e. The molecule has 1 N–H and O–H groups in total. The number of rotatable bonds is 4. The summed E-state index contributed by atoms with van der Waals surface area (Å²) in [6.07, 6.45) is 0. The molecule has 1 aromatic carbocycles. The molecule has 1 heterocycles. The summed E-state index contributed by atoms with van der Waals surface area (Å²) in [7, 11) is 5.59. The van der Waals surface area contributed by atoms with Gasteiger partial charge in [-0.15, -0.1) is 0 Å². The lowest BCUT2D eigenvalue weighted by molar-refractivity contribution is 0.412. The topological polar surface area (TPSA) is 39.1 Å². The highest BCUT2D eigenvalue weighted by Crippen LogP contribution is 2.25. The summed E-state index contributed by atoms with van der Waals surface area (Å²) in [5.41, 5.74) is 4.40. The maximum Gasteiger partial charge on any atom is 0.121 e. The summed E-state index contributed by atoms with van der Waals surface area (Å²) in [5, 5.41) is 7.67. The van der Waals surface area contributed by atoms with Gasteiger partial charge in [-0.05, 0) is 43.8 Å². The van der Waals surface area contributed by atoms with E-state index in [4.69, 9.17) is 4.74 Å². The number of hydrogen-bond acceptors (Lipinski definition) is 3.